The lowest BCUT2D eigenvalue weighted by Gasteiger charge is -2.20. The fourth-order valence-electron chi connectivity index (χ4n) is 3.66. The van der Waals surface area contributed by atoms with E-state index in [9.17, 15) is 14.0 Å². The number of benzene rings is 3. The smallest absolute Gasteiger partial charge is 0.256 e. The van der Waals surface area contributed by atoms with Crippen LogP contribution >= 0.6 is 0 Å². The second kappa shape index (κ2) is 8.44. The number of aryl methyl sites for hydroxylation is 1. The highest BCUT2D eigenvalue weighted by Gasteiger charge is 2.20. The average Bonchev–Trinajstić information content (AvgIpc) is 2.80. The standard InChI is InChI=1S/C25H21FN2O3/c1-3-28-21-7-5-4-6-20(21)23(29)22(16-10-14-19(31-2)15-11-16)24(28)27-25(30)17-8-12-18(26)13-9-17/h4-15H,3H2,1-2H3,(H,27,30). The molecule has 0 aliphatic heterocycles. The molecule has 0 atom stereocenters. The SMILES string of the molecule is CCn1c(NC(=O)c2ccc(F)cc2)c(-c2ccc(OC)cc2)c(=O)c2ccccc21. The van der Waals surface area contributed by atoms with E-state index >= 15 is 0 Å². The molecule has 6 heteroatoms. The van der Waals surface area contributed by atoms with Gasteiger partial charge in [0.1, 0.15) is 17.4 Å². The first-order chi connectivity index (χ1) is 15.0. The molecule has 0 fully saturated rings. The first kappa shape index (κ1) is 20.3. The minimum atomic E-state index is -0.424. The van der Waals surface area contributed by atoms with Gasteiger partial charge in [-0.2, -0.15) is 0 Å². The Bertz CT molecular complexity index is 1310. The Balaban J connectivity index is 1.95. The van der Waals surface area contributed by atoms with Gasteiger partial charge in [0.25, 0.3) is 5.91 Å². The van der Waals surface area contributed by atoms with Crippen LogP contribution in [0.15, 0.2) is 77.6 Å². The van der Waals surface area contributed by atoms with E-state index in [0.717, 1.165) is 5.52 Å². The molecule has 0 radical (unpaired) electrons. The zero-order valence-corrected chi connectivity index (χ0v) is 17.2. The van der Waals surface area contributed by atoms with Gasteiger partial charge in [0.15, 0.2) is 5.43 Å². The minimum Gasteiger partial charge on any atom is -0.497 e. The molecule has 0 aliphatic carbocycles. The van der Waals surface area contributed by atoms with Crippen molar-refractivity contribution in [3.63, 3.8) is 0 Å². The number of ether oxygens (including phenoxy) is 1. The molecule has 4 rings (SSSR count). The highest BCUT2D eigenvalue weighted by molar-refractivity contribution is 6.06. The number of amides is 1. The maximum atomic E-state index is 13.5. The van der Waals surface area contributed by atoms with Crippen LogP contribution in [0.1, 0.15) is 17.3 Å². The molecule has 1 aromatic heterocycles. The van der Waals surface area contributed by atoms with Crippen molar-refractivity contribution in [3.05, 3.63) is 94.4 Å². The lowest BCUT2D eigenvalue weighted by molar-refractivity contribution is 0.102. The number of rotatable bonds is 5. The van der Waals surface area contributed by atoms with Gasteiger partial charge < -0.3 is 14.6 Å². The minimum absolute atomic E-state index is 0.181. The Hall–Kier alpha value is -3.93. The van der Waals surface area contributed by atoms with Crippen molar-refractivity contribution in [3.8, 4) is 16.9 Å². The van der Waals surface area contributed by atoms with Crippen molar-refractivity contribution < 1.29 is 13.9 Å². The molecular weight excluding hydrogens is 395 g/mol. The van der Waals surface area contributed by atoms with Crippen LogP contribution in [0.2, 0.25) is 0 Å². The molecule has 1 N–H and O–H groups in total. The molecular formula is C25H21FN2O3. The van der Waals surface area contributed by atoms with Crippen LogP contribution in [0.3, 0.4) is 0 Å². The highest BCUT2D eigenvalue weighted by Crippen LogP contribution is 2.30. The fraction of sp³-hybridized carbons (Fsp3) is 0.120. The highest BCUT2D eigenvalue weighted by atomic mass is 19.1. The maximum absolute atomic E-state index is 13.5. The number of para-hydroxylation sites is 1. The Morgan fingerprint density at radius 3 is 2.32 bits per heavy atom. The Kier molecular flexibility index (Phi) is 5.54. The number of nitrogens with zero attached hydrogens (tertiary/aromatic N) is 1. The van der Waals surface area contributed by atoms with E-state index in [2.05, 4.69) is 5.32 Å². The van der Waals surface area contributed by atoms with Gasteiger partial charge in [0.05, 0.1) is 18.2 Å². The molecule has 0 unspecified atom stereocenters. The zero-order chi connectivity index (χ0) is 22.0. The van der Waals surface area contributed by atoms with Crippen molar-refractivity contribution in [2.75, 3.05) is 12.4 Å². The van der Waals surface area contributed by atoms with Gasteiger partial charge in [-0.15, -0.1) is 0 Å². The molecule has 0 saturated heterocycles. The largest absolute Gasteiger partial charge is 0.497 e. The molecule has 0 spiro atoms. The third-order valence-electron chi connectivity index (χ3n) is 5.21. The van der Waals surface area contributed by atoms with E-state index < -0.39 is 11.7 Å². The Morgan fingerprint density at radius 1 is 1.00 bits per heavy atom. The predicted molar refractivity (Wildman–Crippen MR) is 120 cm³/mol. The Labute approximate surface area is 178 Å². The second-order valence-corrected chi connectivity index (χ2v) is 7.00. The summed E-state index contributed by atoms with van der Waals surface area (Å²) in [6.45, 7) is 2.48. The van der Waals surface area contributed by atoms with Gasteiger partial charge in [0.2, 0.25) is 0 Å². The lowest BCUT2D eigenvalue weighted by atomic mass is 10.0. The molecule has 0 saturated carbocycles. The number of pyridine rings is 1. The number of carbonyl (C=O) groups excluding carboxylic acids is 1. The molecule has 1 amide bonds. The van der Waals surface area contributed by atoms with E-state index in [4.69, 9.17) is 4.74 Å². The lowest BCUT2D eigenvalue weighted by Crippen LogP contribution is -2.22. The summed E-state index contributed by atoms with van der Waals surface area (Å²) in [5.41, 5.74) is 1.89. The summed E-state index contributed by atoms with van der Waals surface area (Å²) in [5.74, 6) is 0.209. The first-order valence-corrected chi connectivity index (χ1v) is 9.90. The van der Waals surface area contributed by atoms with E-state index in [1.807, 2.05) is 29.7 Å². The maximum Gasteiger partial charge on any atom is 0.256 e. The van der Waals surface area contributed by atoms with Gasteiger partial charge in [-0.1, -0.05) is 24.3 Å². The molecule has 4 aromatic rings. The van der Waals surface area contributed by atoms with Crippen LogP contribution in [0.4, 0.5) is 10.2 Å². The second-order valence-electron chi connectivity index (χ2n) is 7.00. The number of carbonyl (C=O) groups is 1. The number of hydrogen-bond donors (Lipinski definition) is 1. The molecule has 156 valence electrons. The summed E-state index contributed by atoms with van der Waals surface area (Å²) in [5, 5.41) is 3.46. The van der Waals surface area contributed by atoms with Crippen molar-refractivity contribution in [2.45, 2.75) is 13.5 Å². The number of halogens is 1. The van der Waals surface area contributed by atoms with E-state index in [1.54, 1.807) is 37.4 Å². The Morgan fingerprint density at radius 2 is 1.68 bits per heavy atom. The third-order valence-corrected chi connectivity index (χ3v) is 5.21. The number of aromatic nitrogens is 1. The number of hydrogen-bond acceptors (Lipinski definition) is 3. The van der Waals surface area contributed by atoms with Gasteiger partial charge >= 0.3 is 0 Å². The summed E-state index contributed by atoms with van der Waals surface area (Å²) in [6, 6.07) is 19.7. The zero-order valence-electron chi connectivity index (χ0n) is 17.2. The molecule has 5 nitrogen and oxygen atoms in total. The fourth-order valence-corrected chi connectivity index (χ4v) is 3.66. The van der Waals surface area contributed by atoms with E-state index in [1.165, 1.54) is 24.3 Å². The summed E-state index contributed by atoms with van der Waals surface area (Å²) in [6.07, 6.45) is 0. The van der Waals surface area contributed by atoms with Gasteiger partial charge in [0, 0.05) is 17.5 Å². The summed E-state index contributed by atoms with van der Waals surface area (Å²) >= 11 is 0. The number of fused-ring (bicyclic) bond motifs is 1. The average molecular weight is 416 g/mol. The number of nitrogens with one attached hydrogen (secondary N) is 1. The molecule has 1 heterocycles. The summed E-state index contributed by atoms with van der Waals surface area (Å²) < 4.78 is 20.4. The van der Waals surface area contributed by atoms with Crippen LogP contribution in [0.5, 0.6) is 5.75 Å². The normalized spacial score (nSPS) is 10.8. The number of methoxy groups -OCH3 is 1. The van der Waals surface area contributed by atoms with Crippen molar-refractivity contribution >= 4 is 22.6 Å². The molecule has 0 aliphatic rings. The van der Waals surface area contributed by atoms with Crippen molar-refractivity contribution in [1.29, 1.82) is 0 Å². The first-order valence-electron chi connectivity index (χ1n) is 9.90. The van der Waals surface area contributed by atoms with Crippen LogP contribution in [0, 0.1) is 5.82 Å². The van der Waals surface area contributed by atoms with Crippen LogP contribution in [-0.4, -0.2) is 17.6 Å². The van der Waals surface area contributed by atoms with Gasteiger partial charge in [-0.3, -0.25) is 9.59 Å². The topological polar surface area (TPSA) is 60.3 Å². The van der Waals surface area contributed by atoms with Gasteiger partial charge in [-0.05, 0) is 61.0 Å². The summed E-state index contributed by atoms with van der Waals surface area (Å²) in [7, 11) is 1.57. The van der Waals surface area contributed by atoms with E-state index in [-0.39, 0.29) is 5.43 Å². The van der Waals surface area contributed by atoms with Crippen molar-refractivity contribution in [2.24, 2.45) is 0 Å². The third kappa shape index (κ3) is 3.80. The van der Waals surface area contributed by atoms with Gasteiger partial charge in [-0.25, -0.2) is 4.39 Å². The van der Waals surface area contributed by atoms with E-state index in [0.29, 0.717) is 40.2 Å². The van der Waals surface area contributed by atoms with Crippen molar-refractivity contribution in [1.82, 2.24) is 4.57 Å². The quantitative estimate of drug-likeness (QED) is 0.493. The molecule has 31 heavy (non-hydrogen) atoms. The molecule has 3 aromatic carbocycles. The summed E-state index contributed by atoms with van der Waals surface area (Å²) in [4.78, 5) is 26.4. The van der Waals surface area contributed by atoms with Crippen LogP contribution < -0.4 is 15.5 Å². The monoisotopic (exact) mass is 416 g/mol. The predicted octanol–water partition coefficient (Wildman–Crippen LogP) is 5.09. The number of anilines is 1. The van der Waals surface area contributed by atoms with Crippen LogP contribution in [-0.2, 0) is 6.54 Å². The van der Waals surface area contributed by atoms with Crippen LogP contribution in [0.25, 0.3) is 22.0 Å². The molecule has 0 bridgehead atoms.